The Hall–Kier alpha value is -2.73. The maximum Gasteiger partial charge on any atom is 0.244 e. The van der Waals surface area contributed by atoms with E-state index in [1.807, 2.05) is 19.1 Å². The Morgan fingerprint density at radius 3 is 2.86 bits per heavy atom. The summed E-state index contributed by atoms with van der Waals surface area (Å²) >= 11 is 0. The van der Waals surface area contributed by atoms with Crippen molar-refractivity contribution in [1.82, 2.24) is 5.32 Å². The second-order valence-corrected chi connectivity index (χ2v) is 7.18. The van der Waals surface area contributed by atoms with Crippen LogP contribution in [0.1, 0.15) is 37.4 Å². The number of halogens is 2. The predicted molar refractivity (Wildman–Crippen MR) is 111 cm³/mol. The van der Waals surface area contributed by atoms with Gasteiger partial charge in [-0.05, 0) is 54.8 Å². The summed E-state index contributed by atoms with van der Waals surface area (Å²) in [4.78, 5) is 14.5. The summed E-state index contributed by atoms with van der Waals surface area (Å²) in [6.07, 6.45) is 4.00. The average Bonchev–Trinajstić information content (AvgIpc) is 2.74. The molecule has 3 rings (SSSR count). The van der Waals surface area contributed by atoms with Crippen LogP contribution in [0.5, 0.6) is 0 Å². The third-order valence-electron chi connectivity index (χ3n) is 5.06. The van der Waals surface area contributed by atoms with Crippen molar-refractivity contribution in [2.45, 2.75) is 32.4 Å². The number of benzene rings is 2. The number of rotatable bonds is 6. The number of ether oxygens (including phenoxy) is 1. The van der Waals surface area contributed by atoms with E-state index >= 15 is 0 Å². The molecule has 1 aliphatic heterocycles. The zero-order chi connectivity index (χ0) is 20.8. The molecule has 1 amide bonds. The zero-order valence-corrected chi connectivity index (χ0v) is 16.7. The Balaban J connectivity index is 1.62. The molecule has 29 heavy (non-hydrogen) atoms. The first-order valence-corrected chi connectivity index (χ1v) is 9.86. The first-order valence-electron chi connectivity index (χ1n) is 9.86. The Morgan fingerprint density at radius 2 is 2.10 bits per heavy atom. The summed E-state index contributed by atoms with van der Waals surface area (Å²) in [5.41, 5.74) is 2.53. The van der Waals surface area contributed by atoms with E-state index in [1.54, 1.807) is 0 Å². The van der Waals surface area contributed by atoms with E-state index < -0.39 is 11.6 Å². The summed E-state index contributed by atoms with van der Waals surface area (Å²) in [6, 6.07) is 11.4. The molecule has 1 aliphatic rings. The molecule has 4 nitrogen and oxygen atoms in total. The number of carbonyl (C=O) groups excluding carboxylic acids is 1. The van der Waals surface area contributed by atoms with Crippen LogP contribution in [0.25, 0.3) is 6.08 Å². The minimum Gasteiger partial charge on any atom is -0.375 e. The number of carbonyl (C=O) groups is 1. The highest BCUT2D eigenvalue weighted by atomic mass is 19.2. The molecule has 0 aromatic heterocycles. The second-order valence-electron chi connectivity index (χ2n) is 7.18. The maximum absolute atomic E-state index is 13.3. The van der Waals surface area contributed by atoms with E-state index in [2.05, 4.69) is 29.3 Å². The van der Waals surface area contributed by atoms with Crippen molar-refractivity contribution < 1.29 is 18.3 Å². The molecule has 2 unspecified atom stereocenters. The number of nitrogens with zero attached hydrogens (tertiary/aromatic N) is 1. The lowest BCUT2D eigenvalue weighted by molar-refractivity contribution is -0.117. The van der Waals surface area contributed by atoms with Crippen molar-refractivity contribution >= 4 is 17.7 Å². The van der Waals surface area contributed by atoms with E-state index in [9.17, 15) is 13.6 Å². The summed E-state index contributed by atoms with van der Waals surface area (Å²) in [7, 11) is 0. The highest BCUT2D eigenvalue weighted by Gasteiger charge is 2.20. The van der Waals surface area contributed by atoms with Crippen LogP contribution in [-0.4, -0.2) is 31.7 Å². The molecule has 6 heteroatoms. The van der Waals surface area contributed by atoms with E-state index in [0.717, 1.165) is 42.9 Å². The molecule has 0 radical (unpaired) electrons. The van der Waals surface area contributed by atoms with Crippen molar-refractivity contribution in [3.05, 3.63) is 71.3 Å². The van der Waals surface area contributed by atoms with E-state index in [-0.39, 0.29) is 18.1 Å². The lowest BCUT2D eigenvalue weighted by Crippen LogP contribution is -2.42. The van der Waals surface area contributed by atoms with Gasteiger partial charge < -0.3 is 15.0 Å². The third kappa shape index (κ3) is 5.64. The molecule has 1 heterocycles. The van der Waals surface area contributed by atoms with Crippen LogP contribution < -0.4 is 10.2 Å². The summed E-state index contributed by atoms with van der Waals surface area (Å²) in [5.74, 6) is -2.15. The maximum atomic E-state index is 13.3. The van der Waals surface area contributed by atoms with Crippen LogP contribution in [0.2, 0.25) is 0 Å². The quantitative estimate of drug-likeness (QED) is 0.728. The van der Waals surface area contributed by atoms with Gasteiger partial charge >= 0.3 is 0 Å². The molecule has 0 aliphatic carbocycles. The lowest BCUT2D eigenvalue weighted by Gasteiger charge is -2.34. The number of hydrogen-bond acceptors (Lipinski definition) is 3. The largest absolute Gasteiger partial charge is 0.375 e. The molecule has 2 aromatic rings. The minimum absolute atomic E-state index is 0.194. The van der Waals surface area contributed by atoms with Crippen molar-refractivity contribution in [3.8, 4) is 0 Å². The van der Waals surface area contributed by atoms with Gasteiger partial charge in [0, 0.05) is 24.9 Å². The normalized spacial score (nSPS) is 18.1. The first kappa shape index (κ1) is 21.0. The molecule has 154 valence electrons. The van der Waals surface area contributed by atoms with Crippen LogP contribution in [0, 0.1) is 11.6 Å². The molecule has 2 aromatic carbocycles. The summed E-state index contributed by atoms with van der Waals surface area (Å²) in [6.45, 7) is 6.45. The Morgan fingerprint density at radius 1 is 1.28 bits per heavy atom. The Kier molecular flexibility index (Phi) is 6.99. The number of morpholine rings is 1. The molecule has 0 saturated carbocycles. The van der Waals surface area contributed by atoms with Gasteiger partial charge in [-0.3, -0.25) is 4.79 Å². The number of nitrogens with one attached hydrogen (secondary N) is 1. The smallest absolute Gasteiger partial charge is 0.244 e. The number of anilines is 1. The molecule has 1 fully saturated rings. The predicted octanol–water partition coefficient (Wildman–Crippen LogP) is 4.47. The van der Waals surface area contributed by atoms with E-state index in [1.165, 1.54) is 18.2 Å². The van der Waals surface area contributed by atoms with Gasteiger partial charge in [0.2, 0.25) is 5.91 Å². The SMILES string of the molecule is CCC1CN(c2cccc(C(C)NC(=O)/C=C/c3ccc(F)c(F)c3)c2)CCO1. The number of hydrogen-bond donors (Lipinski definition) is 1. The fourth-order valence-corrected chi connectivity index (χ4v) is 3.32. The monoisotopic (exact) mass is 400 g/mol. The van der Waals surface area contributed by atoms with Gasteiger partial charge in [-0.25, -0.2) is 8.78 Å². The van der Waals surface area contributed by atoms with Crippen molar-refractivity contribution in [2.24, 2.45) is 0 Å². The lowest BCUT2D eigenvalue weighted by atomic mass is 10.1. The topological polar surface area (TPSA) is 41.6 Å². The average molecular weight is 400 g/mol. The highest BCUT2D eigenvalue weighted by Crippen LogP contribution is 2.23. The summed E-state index contributed by atoms with van der Waals surface area (Å²) in [5, 5.41) is 2.91. The van der Waals surface area contributed by atoms with Gasteiger partial charge in [-0.1, -0.05) is 25.1 Å². The Bertz CT molecular complexity index is 885. The van der Waals surface area contributed by atoms with Crippen molar-refractivity contribution in [3.63, 3.8) is 0 Å². The van der Waals surface area contributed by atoms with Gasteiger partial charge in [0.15, 0.2) is 11.6 Å². The van der Waals surface area contributed by atoms with Crippen molar-refractivity contribution in [2.75, 3.05) is 24.6 Å². The zero-order valence-electron chi connectivity index (χ0n) is 16.7. The van der Waals surface area contributed by atoms with Gasteiger partial charge in [0.25, 0.3) is 0 Å². The fraction of sp³-hybridized carbons (Fsp3) is 0.348. The molecular weight excluding hydrogens is 374 g/mol. The fourth-order valence-electron chi connectivity index (χ4n) is 3.32. The molecule has 1 saturated heterocycles. The van der Waals surface area contributed by atoms with Crippen LogP contribution in [0.3, 0.4) is 0 Å². The molecular formula is C23H26F2N2O2. The molecule has 0 bridgehead atoms. The molecule has 1 N–H and O–H groups in total. The van der Waals surface area contributed by atoms with Gasteiger partial charge in [-0.2, -0.15) is 0 Å². The third-order valence-corrected chi connectivity index (χ3v) is 5.06. The minimum atomic E-state index is -0.939. The van der Waals surface area contributed by atoms with Crippen LogP contribution in [-0.2, 0) is 9.53 Å². The van der Waals surface area contributed by atoms with E-state index in [0.29, 0.717) is 12.2 Å². The Labute approximate surface area is 170 Å². The summed E-state index contributed by atoms with van der Waals surface area (Å²) < 4.78 is 32.0. The standard InChI is InChI=1S/C23H26F2N2O2/c1-3-20-15-27(11-12-29-20)19-6-4-5-18(14-19)16(2)26-23(28)10-8-17-7-9-21(24)22(25)13-17/h4-10,13-14,16,20H,3,11-12,15H2,1-2H3,(H,26,28)/b10-8+. The van der Waals surface area contributed by atoms with Crippen LogP contribution in [0.15, 0.2) is 48.5 Å². The van der Waals surface area contributed by atoms with Crippen molar-refractivity contribution in [1.29, 1.82) is 0 Å². The number of amides is 1. The molecule has 2 atom stereocenters. The van der Waals surface area contributed by atoms with Crippen LogP contribution in [0.4, 0.5) is 14.5 Å². The highest BCUT2D eigenvalue weighted by molar-refractivity contribution is 5.92. The second kappa shape index (κ2) is 9.65. The van der Waals surface area contributed by atoms with Gasteiger partial charge in [0.05, 0.1) is 18.8 Å². The van der Waals surface area contributed by atoms with Crippen LogP contribution >= 0.6 is 0 Å². The van der Waals surface area contributed by atoms with Gasteiger partial charge in [0.1, 0.15) is 0 Å². The van der Waals surface area contributed by atoms with E-state index in [4.69, 9.17) is 4.74 Å². The first-order chi connectivity index (χ1) is 14.0. The van der Waals surface area contributed by atoms with Gasteiger partial charge in [-0.15, -0.1) is 0 Å². The molecule has 0 spiro atoms.